The number of hydrogen-bond donors (Lipinski definition) is 1. The number of anilines is 1. The number of rotatable bonds is 3. The van der Waals surface area contributed by atoms with Gasteiger partial charge in [-0.2, -0.15) is 5.26 Å². The van der Waals surface area contributed by atoms with Gasteiger partial charge in [0.1, 0.15) is 0 Å². The van der Waals surface area contributed by atoms with Crippen molar-refractivity contribution in [1.82, 2.24) is 4.98 Å². The van der Waals surface area contributed by atoms with E-state index in [2.05, 4.69) is 10.3 Å². The van der Waals surface area contributed by atoms with Gasteiger partial charge in [0.15, 0.2) is 0 Å². The van der Waals surface area contributed by atoms with Crippen molar-refractivity contribution in [2.45, 2.75) is 0 Å². The topological polar surface area (TPSA) is 65.8 Å². The number of halogens is 1. The summed E-state index contributed by atoms with van der Waals surface area (Å²) < 4.78 is 0. The molecule has 0 aliphatic heterocycles. The number of amides is 1. The van der Waals surface area contributed by atoms with Gasteiger partial charge in [-0.25, -0.2) is 0 Å². The Balaban J connectivity index is 1.79. The monoisotopic (exact) mass is 333 g/mol. The Kier molecular flexibility index (Phi) is 4.55. The minimum atomic E-state index is -0.247. The predicted molar refractivity (Wildman–Crippen MR) is 93.8 cm³/mol. The number of aromatic nitrogens is 1. The fraction of sp³-hybridized carbons (Fsp3) is 0. The molecule has 0 fully saturated rings. The van der Waals surface area contributed by atoms with Crippen LogP contribution in [0.15, 0.2) is 66.9 Å². The molecule has 2 aromatic carbocycles. The lowest BCUT2D eigenvalue weighted by atomic mass is 10.1. The first-order chi connectivity index (χ1) is 11.7. The third-order valence-corrected chi connectivity index (χ3v) is 3.73. The Bertz CT molecular complexity index is 930. The molecular formula is C19H12ClN3O. The predicted octanol–water partition coefficient (Wildman–Crippen LogP) is 4.53. The lowest BCUT2D eigenvalue weighted by Crippen LogP contribution is -2.11. The Morgan fingerprint density at radius 2 is 1.88 bits per heavy atom. The van der Waals surface area contributed by atoms with Crippen molar-refractivity contribution in [1.29, 1.82) is 5.26 Å². The summed E-state index contributed by atoms with van der Waals surface area (Å²) in [5, 5.41) is 12.2. The van der Waals surface area contributed by atoms with Crippen LogP contribution in [0.3, 0.4) is 0 Å². The number of nitrogens with one attached hydrogen (secondary N) is 1. The molecule has 1 aromatic heterocycles. The molecule has 0 spiro atoms. The quantitative estimate of drug-likeness (QED) is 0.766. The minimum Gasteiger partial charge on any atom is -0.322 e. The van der Waals surface area contributed by atoms with Gasteiger partial charge in [-0.3, -0.25) is 9.78 Å². The highest BCUT2D eigenvalue weighted by Crippen LogP contribution is 2.25. The maximum atomic E-state index is 12.3. The number of carbonyl (C=O) groups is 1. The molecule has 5 heteroatoms. The zero-order valence-corrected chi connectivity index (χ0v) is 13.3. The van der Waals surface area contributed by atoms with Gasteiger partial charge in [-0.15, -0.1) is 0 Å². The molecule has 3 rings (SSSR count). The number of benzene rings is 2. The smallest absolute Gasteiger partial charge is 0.255 e. The number of nitrogens with zero attached hydrogens (tertiary/aromatic N) is 2. The van der Waals surface area contributed by atoms with Crippen LogP contribution in [0.25, 0.3) is 11.3 Å². The standard InChI is InChI=1S/C19H12ClN3O/c20-17-5-2-10-22-18(17)14-6-8-15(9-7-14)19(24)23-16-4-1-3-13(11-16)12-21/h1-11H,(H,23,24). The van der Waals surface area contributed by atoms with Crippen LogP contribution in [-0.2, 0) is 0 Å². The maximum absolute atomic E-state index is 12.3. The second kappa shape index (κ2) is 6.95. The van der Waals surface area contributed by atoms with Crippen molar-refractivity contribution < 1.29 is 4.79 Å². The van der Waals surface area contributed by atoms with Crippen molar-refractivity contribution in [3.8, 4) is 17.3 Å². The van der Waals surface area contributed by atoms with Crippen LogP contribution in [0, 0.1) is 11.3 Å². The number of carbonyl (C=O) groups excluding carboxylic acids is 1. The minimum absolute atomic E-state index is 0.247. The zero-order valence-electron chi connectivity index (χ0n) is 12.5. The Hall–Kier alpha value is -3.16. The Labute approximate surface area is 144 Å². The molecule has 0 unspecified atom stereocenters. The van der Waals surface area contributed by atoms with Crippen molar-refractivity contribution in [2.75, 3.05) is 5.32 Å². The van der Waals surface area contributed by atoms with Crippen molar-refractivity contribution >= 4 is 23.2 Å². The third-order valence-electron chi connectivity index (χ3n) is 3.43. The second-order valence-electron chi connectivity index (χ2n) is 5.06. The fourth-order valence-electron chi connectivity index (χ4n) is 2.25. The molecule has 0 radical (unpaired) electrons. The SMILES string of the molecule is N#Cc1cccc(NC(=O)c2ccc(-c3ncccc3Cl)cc2)c1. The molecule has 1 N–H and O–H groups in total. The molecule has 0 atom stereocenters. The summed E-state index contributed by atoms with van der Waals surface area (Å²) in [4.78, 5) is 16.5. The van der Waals surface area contributed by atoms with Crippen molar-refractivity contribution in [2.24, 2.45) is 0 Å². The van der Waals surface area contributed by atoms with E-state index in [1.165, 1.54) is 0 Å². The van der Waals surface area contributed by atoms with E-state index in [0.29, 0.717) is 27.5 Å². The number of nitriles is 1. The molecular weight excluding hydrogens is 322 g/mol. The van der Waals surface area contributed by atoms with Gasteiger partial charge in [-0.05, 0) is 42.5 Å². The zero-order chi connectivity index (χ0) is 16.9. The molecule has 0 bridgehead atoms. The van der Waals surface area contributed by atoms with Crippen LogP contribution in [0.5, 0.6) is 0 Å². The Morgan fingerprint density at radius 1 is 1.08 bits per heavy atom. The van der Waals surface area contributed by atoms with Crippen LogP contribution in [-0.4, -0.2) is 10.9 Å². The summed E-state index contributed by atoms with van der Waals surface area (Å²) in [5.41, 5.74) is 3.09. The van der Waals surface area contributed by atoms with Crippen molar-refractivity contribution in [3.05, 3.63) is 83.0 Å². The largest absolute Gasteiger partial charge is 0.322 e. The normalized spacial score (nSPS) is 10.0. The first-order valence-corrected chi connectivity index (χ1v) is 7.57. The molecule has 1 amide bonds. The molecule has 3 aromatic rings. The number of pyridine rings is 1. The molecule has 0 saturated carbocycles. The highest BCUT2D eigenvalue weighted by atomic mass is 35.5. The Morgan fingerprint density at radius 3 is 2.58 bits per heavy atom. The van der Waals surface area contributed by atoms with E-state index in [1.807, 2.05) is 6.07 Å². The summed E-state index contributed by atoms with van der Waals surface area (Å²) in [6.07, 6.45) is 1.67. The highest BCUT2D eigenvalue weighted by molar-refractivity contribution is 6.33. The van der Waals surface area contributed by atoms with Gasteiger partial charge in [0, 0.05) is 23.0 Å². The molecule has 24 heavy (non-hydrogen) atoms. The summed E-state index contributed by atoms with van der Waals surface area (Å²) in [7, 11) is 0. The van der Waals surface area contributed by atoms with Gasteiger partial charge < -0.3 is 5.32 Å². The first kappa shape index (κ1) is 15.7. The molecule has 4 nitrogen and oxygen atoms in total. The third kappa shape index (κ3) is 3.43. The lowest BCUT2D eigenvalue weighted by molar-refractivity contribution is 0.102. The summed E-state index contributed by atoms with van der Waals surface area (Å²) in [5.74, 6) is -0.247. The van der Waals surface area contributed by atoms with Crippen LogP contribution >= 0.6 is 11.6 Å². The van der Waals surface area contributed by atoms with E-state index < -0.39 is 0 Å². The van der Waals surface area contributed by atoms with Crippen LogP contribution in [0.4, 0.5) is 5.69 Å². The molecule has 0 aliphatic rings. The van der Waals surface area contributed by atoms with Gasteiger partial charge in [0.25, 0.3) is 5.91 Å². The molecule has 1 heterocycles. The first-order valence-electron chi connectivity index (χ1n) is 7.20. The average molecular weight is 334 g/mol. The lowest BCUT2D eigenvalue weighted by Gasteiger charge is -2.07. The summed E-state index contributed by atoms with van der Waals surface area (Å²) >= 11 is 6.13. The van der Waals surface area contributed by atoms with Crippen molar-refractivity contribution in [3.63, 3.8) is 0 Å². The van der Waals surface area contributed by atoms with E-state index in [9.17, 15) is 4.79 Å². The molecule has 116 valence electrons. The summed E-state index contributed by atoms with van der Waals surface area (Å²) in [6, 6.07) is 19.4. The maximum Gasteiger partial charge on any atom is 0.255 e. The van der Waals surface area contributed by atoms with E-state index in [1.54, 1.807) is 66.9 Å². The van der Waals surface area contributed by atoms with Crippen LogP contribution < -0.4 is 5.32 Å². The van der Waals surface area contributed by atoms with E-state index in [4.69, 9.17) is 16.9 Å². The number of hydrogen-bond acceptors (Lipinski definition) is 3. The average Bonchev–Trinajstić information content (AvgIpc) is 2.62. The van der Waals surface area contributed by atoms with E-state index >= 15 is 0 Å². The van der Waals surface area contributed by atoms with Gasteiger partial charge in [0.2, 0.25) is 0 Å². The van der Waals surface area contributed by atoms with E-state index in [-0.39, 0.29) is 5.91 Å². The van der Waals surface area contributed by atoms with Crippen LogP contribution in [0.2, 0.25) is 5.02 Å². The molecule has 0 saturated heterocycles. The van der Waals surface area contributed by atoms with Gasteiger partial charge in [-0.1, -0.05) is 29.8 Å². The van der Waals surface area contributed by atoms with E-state index in [0.717, 1.165) is 5.56 Å². The highest BCUT2D eigenvalue weighted by Gasteiger charge is 2.09. The summed E-state index contributed by atoms with van der Waals surface area (Å²) in [6.45, 7) is 0. The molecule has 0 aliphatic carbocycles. The fourth-order valence-corrected chi connectivity index (χ4v) is 2.48. The van der Waals surface area contributed by atoms with Gasteiger partial charge >= 0.3 is 0 Å². The van der Waals surface area contributed by atoms with Gasteiger partial charge in [0.05, 0.1) is 22.3 Å². The second-order valence-corrected chi connectivity index (χ2v) is 5.47. The van der Waals surface area contributed by atoms with Crippen LogP contribution in [0.1, 0.15) is 15.9 Å².